The van der Waals surface area contributed by atoms with Crippen LogP contribution >= 0.6 is 0 Å². The van der Waals surface area contributed by atoms with Crippen LogP contribution in [-0.4, -0.2) is 63.8 Å². The first kappa shape index (κ1) is 26.7. The Labute approximate surface area is 215 Å². The number of amides is 2. The second-order valence-corrected chi connectivity index (χ2v) is 11.0. The van der Waals surface area contributed by atoms with Gasteiger partial charge in [0.05, 0.1) is 16.6 Å². The lowest BCUT2D eigenvalue weighted by Crippen LogP contribution is -2.43. The number of anilines is 1. The molecule has 2 aromatic rings. The predicted octanol–water partition coefficient (Wildman–Crippen LogP) is 3.09. The molecule has 2 aliphatic rings. The maximum Gasteiger partial charge on any atom is 0.264 e. The van der Waals surface area contributed by atoms with Crippen LogP contribution in [0, 0.1) is 0 Å². The molecule has 0 bridgehead atoms. The molecule has 0 spiro atoms. The van der Waals surface area contributed by atoms with Crippen molar-refractivity contribution < 1.29 is 26.8 Å². The first-order valence-corrected chi connectivity index (χ1v) is 13.6. The highest BCUT2D eigenvalue weighted by Crippen LogP contribution is 2.37. The van der Waals surface area contributed by atoms with Gasteiger partial charge in [0.15, 0.2) is 0 Å². The predicted molar refractivity (Wildman–Crippen MR) is 136 cm³/mol. The van der Waals surface area contributed by atoms with Crippen LogP contribution in [0.2, 0.25) is 0 Å². The molecule has 2 amide bonds. The van der Waals surface area contributed by atoms with Gasteiger partial charge in [-0.25, -0.2) is 17.2 Å². The lowest BCUT2D eigenvalue weighted by molar-refractivity contribution is -0.117. The van der Waals surface area contributed by atoms with Gasteiger partial charge in [0.2, 0.25) is 5.91 Å². The van der Waals surface area contributed by atoms with E-state index in [1.807, 2.05) is 4.90 Å². The molecule has 37 heavy (non-hydrogen) atoms. The van der Waals surface area contributed by atoms with Crippen LogP contribution in [0.4, 0.5) is 14.5 Å². The minimum Gasteiger partial charge on any atom is -0.351 e. The third kappa shape index (κ3) is 6.16. The molecule has 0 saturated carbocycles. The monoisotopic (exact) mass is 532 g/mol. The third-order valence-corrected chi connectivity index (χ3v) is 8.54. The van der Waals surface area contributed by atoms with E-state index in [0.29, 0.717) is 36.3 Å². The summed E-state index contributed by atoms with van der Waals surface area (Å²) < 4.78 is 54.8. The van der Waals surface area contributed by atoms with E-state index in [-0.39, 0.29) is 55.2 Å². The average molecular weight is 533 g/mol. The topological polar surface area (TPSA) is 98.8 Å². The number of likely N-dealkylation sites (tertiary alicyclic amines) is 1. The summed E-state index contributed by atoms with van der Waals surface area (Å²) >= 11 is 0. The van der Waals surface area contributed by atoms with Crippen LogP contribution in [0.25, 0.3) is 0 Å². The molecule has 0 aliphatic carbocycles. The number of hydrogen-bond donors (Lipinski definition) is 2. The SMILES string of the molecule is C=CC(=O)NC1CCN(S(=O)(=O)c2ccc(C(=O)NCCN3CCC(F)(F)CC3)cc2)c2ccccc21. The average Bonchev–Trinajstić information content (AvgIpc) is 2.89. The largest absolute Gasteiger partial charge is 0.351 e. The van der Waals surface area contributed by atoms with Crippen molar-refractivity contribution >= 4 is 27.5 Å². The summed E-state index contributed by atoms with van der Waals surface area (Å²) in [6, 6.07) is 12.4. The van der Waals surface area contributed by atoms with Crippen molar-refractivity contribution in [3.05, 3.63) is 72.3 Å². The van der Waals surface area contributed by atoms with Crippen molar-refractivity contribution in [3.8, 4) is 0 Å². The first-order chi connectivity index (χ1) is 17.6. The Morgan fingerprint density at radius 2 is 1.73 bits per heavy atom. The van der Waals surface area contributed by atoms with E-state index < -0.39 is 15.9 Å². The Morgan fingerprint density at radius 3 is 2.41 bits per heavy atom. The Kier molecular flexibility index (Phi) is 7.93. The van der Waals surface area contributed by atoms with Gasteiger partial charge in [0.1, 0.15) is 0 Å². The van der Waals surface area contributed by atoms with Gasteiger partial charge in [-0.1, -0.05) is 24.8 Å². The van der Waals surface area contributed by atoms with E-state index in [1.54, 1.807) is 24.3 Å². The highest BCUT2D eigenvalue weighted by Gasteiger charge is 2.34. The van der Waals surface area contributed by atoms with E-state index >= 15 is 0 Å². The molecule has 2 aromatic carbocycles. The third-order valence-electron chi connectivity index (χ3n) is 6.71. The number of alkyl halides is 2. The fourth-order valence-corrected chi connectivity index (χ4v) is 6.11. The highest BCUT2D eigenvalue weighted by atomic mass is 32.2. The molecule has 2 heterocycles. The number of benzene rings is 2. The Balaban J connectivity index is 1.40. The number of nitrogens with one attached hydrogen (secondary N) is 2. The zero-order chi connectivity index (χ0) is 26.6. The highest BCUT2D eigenvalue weighted by molar-refractivity contribution is 7.92. The summed E-state index contributed by atoms with van der Waals surface area (Å²) in [7, 11) is -3.92. The number of carbonyl (C=O) groups excluding carboxylic acids is 2. The number of halogens is 2. The molecular weight excluding hydrogens is 502 g/mol. The summed E-state index contributed by atoms with van der Waals surface area (Å²) in [6.07, 6.45) is 1.22. The number of para-hydroxylation sites is 1. The molecule has 4 rings (SSSR count). The molecule has 0 radical (unpaired) electrons. The van der Waals surface area contributed by atoms with E-state index in [1.165, 1.54) is 34.6 Å². The minimum atomic E-state index is -3.92. The standard InChI is InChI=1S/C26H30F2N4O4S/c1-2-24(33)30-22-11-15-32(23-6-4-3-5-21(22)23)37(35,36)20-9-7-19(8-10-20)25(34)29-14-18-31-16-12-26(27,28)13-17-31/h2-10,22H,1,11-18H2,(H,29,34)(H,30,33). The molecule has 1 fully saturated rings. The van der Waals surface area contributed by atoms with E-state index in [4.69, 9.17) is 0 Å². The molecule has 11 heteroatoms. The van der Waals surface area contributed by atoms with Gasteiger partial charge in [0.25, 0.3) is 21.9 Å². The number of rotatable bonds is 8. The number of piperidine rings is 1. The Bertz CT molecular complexity index is 1260. The molecule has 1 unspecified atom stereocenters. The second-order valence-electron chi connectivity index (χ2n) is 9.17. The van der Waals surface area contributed by atoms with Crippen molar-refractivity contribution in [1.82, 2.24) is 15.5 Å². The fraction of sp³-hybridized carbons (Fsp3) is 0.385. The number of hydrogen-bond acceptors (Lipinski definition) is 5. The van der Waals surface area contributed by atoms with Crippen molar-refractivity contribution in [3.63, 3.8) is 0 Å². The second kappa shape index (κ2) is 11.0. The molecule has 1 saturated heterocycles. The maximum absolute atomic E-state index is 13.5. The molecule has 198 valence electrons. The van der Waals surface area contributed by atoms with Gasteiger partial charge in [-0.05, 0) is 48.4 Å². The lowest BCUT2D eigenvalue weighted by atomic mass is 9.98. The maximum atomic E-state index is 13.5. The molecule has 1 atom stereocenters. The zero-order valence-corrected chi connectivity index (χ0v) is 21.1. The van der Waals surface area contributed by atoms with Crippen LogP contribution in [-0.2, 0) is 14.8 Å². The van der Waals surface area contributed by atoms with Crippen LogP contribution in [0.3, 0.4) is 0 Å². The van der Waals surface area contributed by atoms with Crippen LogP contribution in [0.1, 0.15) is 41.2 Å². The molecular formula is C26H30F2N4O4S. The summed E-state index contributed by atoms with van der Waals surface area (Å²) in [5.74, 6) is -3.31. The minimum absolute atomic E-state index is 0.0432. The van der Waals surface area contributed by atoms with Crippen LogP contribution < -0.4 is 14.9 Å². The summed E-state index contributed by atoms with van der Waals surface area (Å²) in [5.41, 5.74) is 1.48. The molecule has 2 aliphatic heterocycles. The van der Waals surface area contributed by atoms with Gasteiger partial charge in [-0.2, -0.15) is 0 Å². The fourth-order valence-electron chi connectivity index (χ4n) is 4.60. The number of sulfonamides is 1. The van der Waals surface area contributed by atoms with Crippen LogP contribution in [0.5, 0.6) is 0 Å². The Hall–Kier alpha value is -3.31. The number of nitrogens with zero attached hydrogens (tertiary/aromatic N) is 2. The zero-order valence-electron chi connectivity index (χ0n) is 20.3. The molecule has 0 aromatic heterocycles. The first-order valence-electron chi connectivity index (χ1n) is 12.1. The lowest BCUT2D eigenvalue weighted by Gasteiger charge is -2.35. The number of carbonyl (C=O) groups is 2. The van der Waals surface area contributed by atoms with Gasteiger partial charge in [0, 0.05) is 51.1 Å². The quantitative estimate of drug-likeness (QED) is 0.509. The van der Waals surface area contributed by atoms with Crippen molar-refractivity contribution in [2.45, 2.75) is 36.1 Å². The van der Waals surface area contributed by atoms with E-state index in [9.17, 15) is 26.8 Å². The normalized spacial score (nSPS) is 19.5. The van der Waals surface area contributed by atoms with Gasteiger partial charge in [-0.15, -0.1) is 0 Å². The van der Waals surface area contributed by atoms with E-state index in [0.717, 1.165) is 0 Å². The van der Waals surface area contributed by atoms with E-state index in [2.05, 4.69) is 17.2 Å². The van der Waals surface area contributed by atoms with Gasteiger partial charge >= 0.3 is 0 Å². The summed E-state index contributed by atoms with van der Waals surface area (Å²) in [4.78, 5) is 26.3. The van der Waals surface area contributed by atoms with Crippen LogP contribution in [0.15, 0.2) is 66.1 Å². The Morgan fingerprint density at radius 1 is 1.05 bits per heavy atom. The number of fused-ring (bicyclic) bond motifs is 1. The molecule has 2 N–H and O–H groups in total. The van der Waals surface area contributed by atoms with Crippen molar-refractivity contribution in [2.24, 2.45) is 0 Å². The van der Waals surface area contributed by atoms with Gasteiger partial charge in [-0.3, -0.25) is 13.9 Å². The van der Waals surface area contributed by atoms with Crippen molar-refractivity contribution in [2.75, 3.05) is 37.0 Å². The van der Waals surface area contributed by atoms with Crippen molar-refractivity contribution in [1.29, 1.82) is 0 Å². The molecule has 8 nitrogen and oxygen atoms in total. The summed E-state index contributed by atoms with van der Waals surface area (Å²) in [6.45, 7) is 4.99. The summed E-state index contributed by atoms with van der Waals surface area (Å²) in [5, 5.41) is 5.60. The smallest absolute Gasteiger partial charge is 0.264 e. The van der Waals surface area contributed by atoms with Gasteiger partial charge < -0.3 is 15.5 Å².